The number of nitrogens with zero attached hydrogens (tertiary/aromatic N) is 2. The van der Waals surface area contributed by atoms with Crippen molar-refractivity contribution in [1.82, 2.24) is 20.9 Å². The molecule has 0 fully saturated rings. The Balaban J connectivity index is 1.91. The molecule has 0 aliphatic carbocycles. The molecule has 0 radical (unpaired) electrons. The van der Waals surface area contributed by atoms with E-state index in [1.54, 1.807) is 18.4 Å². The Morgan fingerprint density at radius 1 is 1.32 bits per heavy atom. The second-order valence-electron chi connectivity index (χ2n) is 5.51. The van der Waals surface area contributed by atoms with Gasteiger partial charge in [-0.1, -0.05) is 12.1 Å². The van der Waals surface area contributed by atoms with Gasteiger partial charge in [-0.15, -0.1) is 11.3 Å². The topological polar surface area (TPSA) is 78.4 Å². The number of benzene rings is 1. The Morgan fingerprint density at radius 2 is 2.16 bits per heavy atom. The molecule has 0 unspecified atom stereocenters. The van der Waals surface area contributed by atoms with E-state index in [0.717, 1.165) is 36.7 Å². The van der Waals surface area contributed by atoms with Gasteiger partial charge in [-0.2, -0.15) is 0 Å². The molecule has 1 aromatic heterocycles. The van der Waals surface area contributed by atoms with Gasteiger partial charge in [0.2, 0.25) is 0 Å². The van der Waals surface area contributed by atoms with Crippen LogP contribution in [0.5, 0.6) is 0 Å². The second kappa shape index (κ2) is 9.78. The van der Waals surface area contributed by atoms with Crippen molar-refractivity contribution in [3.63, 3.8) is 0 Å². The summed E-state index contributed by atoms with van der Waals surface area (Å²) in [7, 11) is 1.64. The molecule has 0 aliphatic rings. The number of rotatable bonds is 7. The number of hydrogen-bond donors (Lipinski definition) is 3. The van der Waals surface area contributed by atoms with E-state index in [0.29, 0.717) is 12.1 Å². The molecule has 1 aromatic carbocycles. The smallest absolute Gasteiger partial charge is 0.251 e. The third-order valence-corrected chi connectivity index (χ3v) is 4.61. The fraction of sp³-hybridized carbons (Fsp3) is 0.389. The number of thiazole rings is 1. The summed E-state index contributed by atoms with van der Waals surface area (Å²) < 4.78 is 0. The average molecular weight is 359 g/mol. The maximum absolute atomic E-state index is 11.7. The highest BCUT2D eigenvalue weighted by Gasteiger charge is 2.05. The second-order valence-corrected chi connectivity index (χ2v) is 6.45. The van der Waals surface area contributed by atoms with E-state index < -0.39 is 0 Å². The van der Waals surface area contributed by atoms with Crippen molar-refractivity contribution in [3.05, 3.63) is 51.5 Å². The zero-order valence-electron chi connectivity index (χ0n) is 14.9. The van der Waals surface area contributed by atoms with Gasteiger partial charge < -0.3 is 16.0 Å². The molecule has 0 spiro atoms. The fourth-order valence-corrected chi connectivity index (χ4v) is 3.01. The molecular weight excluding hydrogens is 334 g/mol. The lowest BCUT2D eigenvalue weighted by Crippen LogP contribution is -2.38. The number of carbonyl (C=O) groups is 1. The first-order valence-electron chi connectivity index (χ1n) is 8.36. The SMILES string of the molecule is CCNC(=NCc1scnc1C)NCCc1cccc(C(=O)NC)c1. The minimum absolute atomic E-state index is 0.0652. The molecule has 2 aromatic rings. The minimum Gasteiger partial charge on any atom is -0.357 e. The number of carbonyl (C=O) groups excluding carboxylic acids is 1. The highest BCUT2D eigenvalue weighted by atomic mass is 32.1. The van der Waals surface area contributed by atoms with Gasteiger partial charge in [0.15, 0.2) is 5.96 Å². The summed E-state index contributed by atoms with van der Waals surface area (Å²) in [4.78, 5) is 21.7. The van der Waals surface area contributed by atoms with Gasteiger partial charge in [0.25, 0.3) is 5.91 Å². The minimum atomic E-state index is -0.0652. The molecule has 134 valence electrons. The maximum atomic E-state index is 11.7. The van der Waals surface area contributed by atoms with Gasteiger partial charge in [0.05, 0.1) is 17.7 Å². The fourth-order valence-electron chi connectivity index (χ4n) is 2.31. The molecule has 0 saturated carbocycles. The zero-order valence-corrected chi connectivity index (χ0v) is 15.7. The van der Waals surface area contributed by atoms with Crippen molar-refractivity contribution >= 4 is 23.2 Å². The molecule has 0 bridgehead atoms. The number of guanidine groups is 1. The number of nitrogens with one attached hydrogen (secondary N) is 3. The van der Waals surface area contributed by atoms with Crippen LogP contribution in [-0.2, 0) is 13.0 Å². The van der Waals surface area contributed by atoms with Crippen LogP contribution in [0.3, 0.4) is 0 Å². The molecule has 0 aliphatic heterocycles. The van der Waals surface area contributed by atoms with Crippen LogP contribution in [0.1, 0.15) is 33.4 Å². The van der Waals surface area contributed by atoms with Gasteiger partial charge in [0, 0.05) is 30.6 Å². The van der Waals surface area contributed by atoms with Crippen LogP contribution in [0.25, 0.3) is 0 Å². The lowest BCUT2D eigenvalue weighted by atomic mass is 10.1. The van der Waals surface area contributed by atoms with Gasteiger partial charge in [-0.3, -0.25) is 4.79 Å². The first kappa shape index (κ1) is 18.9. The third-order valence-electron chi connectivity index (χ3n) is 3.69. The van der Waals surface area contributed by atoms with Crippen molar-refractivity contribution < 1.29 is 4.79 Å². The molecule has 0 saturated heterocycles. The Morgan fingerprint density at radius 3 is 2.84 bits per heavy atom. The Hall–Kier alpha value is -2.41. The van der Waals surface area contributed by atoms with E-state index in [9.17, 15) is 4.79 Å². The average Bonchev–Trinajstić information content (AvgIpc) is 3.04. The normalized spacial score (nSPS) is 11.2. The molecular formula is C18H25N5OS. The van der Waals surface area contributed by atoms with E-state index in [-0.39, 0.29) is 5.91 Å². The van der Waals surface area contributed by atoms with E-state index in [2.05, 4.69) is 25.9 Å². The highest BCUT2D eigenvalue weighted by molar-refractivity contribution is 7.09. The molecule has 25 heavy (non-hydrogen) atoms. The predicted molar refractivity (Wildman–Crippen MR) is 103 cm³/mol. The Bertz CT molecular complexity index is 726. The quantitative estimate of drug-likeness (QED) is 0.523. The number of hydrogen-bond acceptors (Lipinski definition) is 4. The van der Waals surface area contributed by atoms with Crippen LogP contribution in [0, 0.1) is 6.92 Å². The van der Waals surface area contributed by atoms with E-state index >= 15 is 0 Å². The number of aromatic nitrogens is 1. The van der Waals surface area contributed by atoms with Crippen LogP contribution in [0.2, 0.25) is 0 Å². The summed E-state index contributed by atoms with van der Waals surface area (Å²) in [6, 6.07) is 7.68. The molecule has 0 atom stereocenters. The monoisotopic (exact) mass is 359 g/mol. The summed E-state index contributed by atoms with van der Waals surface area (Å²) in [5.74, 6) is 0.724. The number of amides is 1. The van der Waals surface area contributed by atoms with E-state index in [1.807, 2.05) is 43.6 Å². The van der Waals surface area contributed by atoms with Crippen molar-refractivity contribution in [2.45, 2.75) is 26.8 Å². The summed E-state index contributed by atoms with van der Waals surface area (Å²) in [6.45, 7) is 6.21. The third kappa shape index (κ3) is 5.86. The first-order chi connectivity index (χ1) is 12.1. The van der Waals surface area contributed by atoms with Crippen molar-refractivity contribution in [2.24, 2.45) is 4.99 Å². The molecule has 2 rings (SSSR count). The largest absolute Gasteiger partial charge is 0.357 e. The summed E-state index contributed by atoms with van der Waals surface area (Å²) in [6.07, 6.45) is 0.814. The zero-order chi connectivity index (χ0) is 18.1. The molecule has 7 heteroatoms. The Kier molecular flexibility index (Phi) is 7.40. The van der Waals surface area contributed by atoms with Crippen molar-refractivity contribution in [1.29, 1.82) is 0 Å². The maximum Gasteiger partial charge on any atom is 0.251 e. The van der Waals surface area contributed by atoms with Gasteiger partial charge in [-0.25, -0.2) is 9.98 Å². The van der Waals surface area contributed by atoms with E-state index in [1.165, 1.54) is 4.88 Å². The van der Waals surface area contributed by atoms with Crippen LogP contribution >= 0.6 is 11.3 Å². The lowest BCUT2D eigenvalue weighted by molar-refractivity contribution is 0.0963. The van der Waals surface area contributed by atoms with E-state index in [4.69, 9.17) is 0 Å². The molecule has 6 nitrogen and oxygen atoms in total. The highest BCUT2D eigenvalue weighted by Crippen LogP contribution is 2.12. The Labute approximate surface area is 152 Å². The summed E-state index contributed by atoms with van der Waals surface area (Å²) >= 11 is 1.63. The van der Waals surface area contributed by atoms with Gasteiger partial charge >= 0.3 is 0 Å². The van der Waals surface area contributed by atoms with Gasteiger partial charge in [-0.05, 0) is 38.0 Å². The molecule has 3 N–H and O–H groups in total. The standard InChI is InChI=1S/C18H25N5OS/c1-4-20-18(22-11-16-13(2)23-12-25-16)21-9-8-14-6-5-7-15(10-14)17(24)19-3/h5-7,10,12H,4,8-9,11H2,1-3H3,(H,19,24)(H2,20,21,22). The van der Waals surface area contributed by atoms with Crippen molar-refractivity contribution in [2.75, 3.05) is 20.1 Å². The molecule has 1 amide bonds. The van der Waals surface area contributed by atoms with Crippen LogP contribution in [0.15, 0.2) is 34.8 Å². The number of aryl methyl sites for hydroxylation is 1. The first-order valence-corrected chi connectivity index (χ1v) is 9.24. The van der Waals surface area contributed by atoms with Crippen molar-refractivity contribution in [3.8, 4) is 0 Å². The van der Waals surface area contributed by atoms with Crippen LogP contribution < -0.4 is 16.0 Å². The van der Waals surface area contributed by atoms with Crippen LogP contribution in [-0.4, -0.2) is 37.0 Å². The molecule has 1 heterocycles. The number of aliphatic imine (C=N–C) groups is 1. The van der Waals surface area contributed by atoms with Gasteiger partial charge in [0.1, 0.15) is 0 Å². The summed E-state index contributed by atoms with van der Waals surface area (Å²) in [5, 5.41) is 9.23. The summed E-state index contributed by atoms with van der Waals surface area (Å²) in [5.41, 5.74) is 4.68. The van der Waals surface area contributed by atoms with Crippen LogP contribution in [0.4, 0.5) is 0 Å². The predicted octanol–water partition coefficient (Wildman–Crippen LogP) is 2.11. The lowest BCUT2D eigenvalue weighted by Gasteiger charge is -2.11.